The normalized spacial score (nSPS) is 15.2. The molecule has 0 atom stereocenters. The minimum Gasteiger partial charge on any atom is -0.420 e. The Balaban J connectivity index is 1.49. The van der Waals surface area contributed by atoms with E-state index in [2.05, 4.69) is 4.98 Å². The number of anilines is 1. The summed E-state index contributed by atoms with van der Waals surface area (Å²) < 4.78 is 46.6. The molecular weight excluding hydrogens is 467 g/mol. The van der Waals surface area contributed by atoms with Gasteiger partial charge in [0.25, 0.3) is 0 Å². The summed E-state index contributed by atoms with van der Waals surface area (Å²) >= 11 is 6.15. The van der Waals surface area contributed by atoms with Crippen LogP contribution in [0.1, 0.15) is 22.7 Å². The predicted molar refractivity (Wildman–Crippen MR) is 124 cm³/mol. The standard InChI is InChI=1S/C23H20ClFN4O3S/c1-16-14-18(7-8-20(16)25)33(30,31)29-12-10-28(11-13-29)23-21(15-26)27-22(32-23)9-6-17-4-2-3-5-19(17)24/h2-9,14H,10-13H2,1H3. The van der Waals surface area contributed by atoms with Crippen LogP contribution in [-0.2, 0) is 10.0 Å². The minimum absolute atomic E-state index is 0.0548. The molecule has 1 saturated heterocycles. The maximum Gasteiger partial charge on any atom is 0.243 e. The summed E-state index contributed by atoms with van der Waals surface area (Å²) in [6.07, 6.45) is 3.37. The van der Waals surface area contributed by atoms with Crippen molar-refractivity contribution >= 4 is 39.7 Å². The highest BCUT2D eigenvalue weighted by Gasteiger charge is 2.31. The number of aromatic nitrogens is 1. The van der Waals surface area contributed by atoms with Gasteiger partial charge in [-0.1, -0.05) is 29.8 Å². The molecule has 10 heteroatoms. The molecule has 2 heterocycles. The molecule has 33 heavy (non-hydrogen) atoms. The minimum atomic E-state index is -3.76. The van der Waals surface area contributed by atoms with Gasteiger partial charge in [0.1, 0.15) is 11.9 Å². The first-order valence-corrected chi connectivity index (χ1v) is 12.0. The molecule has 4 rings (SSSR count). The molecule has 0 unspecified atom stereocenters. The topological polar surface area (TPSA) is 90.4 Å². The van der Waals surface area contributed by atoms with Crippen LogP contribution in [0, 0.1) is 24.1 Å². The van der Waals surface area contributed by atoms with Crippen molar-refractivity contribution in [1.29, 1.82) is 5.26 Å². The number of rotatable bonds is 5. The second-order valence-electron chi connectivity index (χ2n) is 7.47. The van der Waals surface area contributed by atoms with Crippen molar-refractivity contribution in [3.05, 3.63) is 76.0 Å². The zero-order valence-corrected chi connectivity index (χ0v) is 19.3. The molecule has 0 aliphatic carbocycles. The van der Waals surface area contributed by atoms with Gasteiger partial charge in [0.2, 0.25) is 27.5 Å². The van der Waals surface area contributed by atoms with Crippen molar-refractivity contribution < 1.29 is 17.2 Å². The lowest BCUT2D eigenvalue weighted by Gasteiger charge is -2.33. The molecule has 2 aromatic carbocycles. The number of sulfonamides is 1. The van der Waals surface area contributed by atoms with Crippen LogP contribution in [0.2, 0.25) is 5.02 Å². The fraction of sp³-hybridized carbons (Fsp3) is 0.217. The molecule has 1 aliphatic heterocycles. The van der Waals surface area contributed by atoms with E-state index >= 15 is 0 Å². The van der Waals surface area contributed by atoms with Gasteiger partial charge in [0, 0.05) is 37.3 Å². The third-order valence-corrected chi connectivity index (χ3v) is 7.57. The molecule has 0 N–H and O–H groups in total. The first-order chi connectivity index (χ1) is 15.8. The molecule has 1 aliphatic rings. The van der Waals surface area contributed by atoms with E-state index in [0.29, 0.717) is 24.0 Å². The first-order valence-electron chi connectivity index (χ1n) is 10.1. The highest BCUT2D eigenvalue weighted by molar-refractivity contribution is 7.89. The van der Waals surface area contributed by atoms with Crippen molar-refractivity contribution in [3.63, 3.8) is 0 Å². The van der Waals surface area contributed by atoms with Crippen LogP contribution in [0.15, 0.2) is 51.8 Å². The summed E-state index contributed by atoms with van der Waals surface area (Å²) in [6.45, 7) is 2.54. The Kier molecular flexibility index (Phi) is 6.51. The van der Waals surface area contributed by atoms with Crippen molar-refractivity contribution in [2.24, 2.45) is 0 Å². The van der Waals surface area contributed by atoms with Gasteiger partial charge in [-0.25, -0.2) is 12.8 Å². The lowest BCUT2D eigenvalue weighted by molar-refractivity contribution is 0.373. The first kappa shape index (κ1) is 23.0. The van der Waals surface area contributed by atoms with Crippen LogP contribution < -0.4 is 4.90 Å². The van der Waals surface area contributed by atoms with Crippen LogP contribution in [0.5, 0.6) is 0 Å². The smallest absolute Gasteiger partial charge is 0.243 e. The molecular formula is C23H20ClFN4O3S. The number of halogens is 2. The number of nitrogens with zero attached hydrogens (tertiary/aromatic N) is 4. The Morgan fingerprint density at radius 3 is 2.55 bits per heavy atom. The molecule has 1 aromatic heterocycles. The number of piperazine rings is 1. The van der Waals surface area contributed by atoms with Gasteiger partial charge in [-0.05, 0) is 48.4 Å². The quantitative estimate of drug-likeness (QED) is 0.533. The monoisotopic (exact) mass is 486 g/mol. The number of nitriles is 1. The Morgan fingerprint density at radius 1 is 1.15 bits per heavy atom. The fourth-order valence-electron chi connectivity index (χ4n) is 3.52. The van der Waals surface area contributed by atoms with Gasteiger partial charge in [-0.2, -0.15) is 14.6 Å². The summed E-state index contributed by atoms with van der Waals surface area (Å²) in [5.41, 5.74) is 1.18. The maximum absolute atomic E-state index is 13.5. The third kappa shape index (κ3) is 4.78. The summed E-state index contributed by atoms with van der Waals surface area (Å²) in [6, 6.07) is 13.1. The lowest BCUT2D eigenvalue weighted by Crippen LogP contribution is -2.48. The number of hydrogen-bond acceptors (Lipinski definition) is 6. The Bertz CT molecular complexity index is 1360. The van der Waals surface area contributed by atoms with Crippen molar-refractivity contribution in [3.8, 4) is 6.07 Å². The van der Waals surface area contributed by atoms with Crippen LogP contribution in [0.3, 0.4) is 0 Å². The second-order valence-corrected chi connectivity index (χ2v) is 9.82. The van der Waals surface area contributed by atoms with E-state index in [4.69, 9.17) is 16.0 Å². The highest BCUT2D eigenvalue weighted by atomic mass is 35.5. The molecule has 0 amide bonds. The Morgan fingerprint density at radius 2 is 1.88 bits per heavy atom. The summed E-state index contributed by atoms with van der Waals surface area (Å²) in [5.74, 6) is 0.0943. The lowest BCUT2D eigenvalue weighted by atomic mass is 10.2. The molecule has 0 spiro atoms. The largest absolute Gasteiger partial charge is 0.420 e. The average molecular weight is 487 g/mol. The van der Waals surface area contributed by atoms with Crippen LogP contribution in [-0.4, -0.2) is 43.9 Å². The van der Waals surface area contributed by atoms with Gasteiger partial charge in [-0.3, -0.25) is 0 Å². The van der Waals surface area contributed by atoms with E-state index < -0.39 is 15.8 Å². The zero-order valence-electron chi connectivity index (χ0n) is 17.7. The van der Waals surface area contributed by atoms with E-state index in [-0.39, 0.29) is 35.1 Å². The van der Waals surface area contributed by atoms with E-state index in [1.54, 1.807) is 23.1 Å². The van der Waals surface area contributed by atoms with Crippen molar-refractivity contribution in [2.45, 2.75) is 11.8 Å². The van der Waals surface area contributed by atoms with E-state index in [9.17, 15) is 18.1 Å². The summed E-state index contributed by atoms with van der Waals surface area (Å²) in [4.78, 5) is 6.06. The maximum atomic E-state index is 13.5. The average Bonchev–Trinajstić information content (AvgIpc) is 3.23. The molecule has 0 saturated carbocycles. The predicted octanol–water partition coefficient (Wildman–Crippen LogP) is 4.33. The molecule has 1 fully saturated rings. The van der Waals surface area contributed by atoms with E-state index in [1.807, 2.05) is 24.3 Å². The second kappa shape index (κ2) is 9.35. The van der Waals surface area contributed by atoms with E-state index in [0.717, 1.165) is 11.6 Å². The molecule has 170 valence electrons. The Labute approximate surface area is 196 Å². The van der Waals surface area contributed by atoms with Crippen LogP contribution in [0.4, 0.5) is 10.3 Å². The zero-order chi connectivity index (χ0) is 23.6. The van der Waals surface area contributed by atoms with Crippen molar-refractivity contribution in [1.82, 2.24) is 9.29 Å². The third-order valence-electron chi connectivity index (χ3n) is 5.34. The van der Waals surface area contributed by atoms with Gasteiger partial charge < -0.3 is 9.32 Å². The SMILES string of the molecule is Cc1cc(S(=O)(=O)N2CCN(c3oc(C=Cc4ccccc4Cl)nc3C#N)CC2)ccc1F. The Hall–Kier alpha value is -3.19. The fourth-order valence-corrected chi connectivity index (χ4v) is 5.22. The van der Waals surface area contributed by atoms with Crippen molar-refractivity contribution in [2.75, 3.05) is 31.1 Å². The van der Waals surface area contributed by atoms with Gasteiger partial charge in [-0.15, -0.1) is 0 Å². The van der Waals surface area contributed by atoms with Gasteiger partial charge in [0.05, 0.1) is 4.90 Å². The number of aryl methyl sites for hydroxylation is 1. The molecule has 3 aromatic rings. The van der Waals surface area contributed by atoms with E-state index in [1.165, 1.54) is 23.4 Å². The van der Waals surface area contributed by atoms with Crippen LogP contribution in [0.25, 0.3) is 12.2 Å². The number of hydrogen-bond donors (Lipinski definition) is 0. The summed E-state index contributed by atoms with van der Waals surface area (Å²) in [5, 5.41) is 10.1. The van der Waals surface area contributed by atoms with Gasteiger partial charge >= 0.3 is 0 Å². The molecule has 0 radical (unpaired) electrons. The number of oxazole rings is 1. The molecule has 7 nitrogen and oxygen atoms in total. The van der Waals surface area contributed by atoms with Crippen LogP contribution >= 0.6 is 11.6 Å². The molecule has 0 bridgehead atoms. The van der Waals surface area contributed by atoms with Gasteiger partial charge in [0.15, 0.2) is 0 Å². The highest BCUT2D eigenvalue weighted by Crippen LogP contribution is 2.27. The number of benzene rings is 2. The summed E-state index contributed by atoms with van der Waals surface area (Å²) in [7, 11) is -3.76.